The molecule has 40 heavy (non-hydrogen) atoms. The van der Waals surface area contributed by atoms with Crippen molar-refractivity contribution >= 4 is 46.3 Å². The summed E-state index contributed by atoms with van der Waals surface area (Å²) in [5.41, 5.74) is 0.802. The number of aliphatic hydroxyl groups is 1. The van der Waals surface area contributed by atoms with Crippen molar-refractivity contribution in [1.29, 1.82) is 0 Å². The van der Waals surface area contributed by atoms with Gasteiger partial charge in [-0.2, -0.15) is 0 Å². The van der Waals surface area contributed by atoms with Gasteiger partial charge in [-0.05, 0) is 107 Å². The number of ether oxygens (including phenoxy) is 3. The zero-order chi connectivity index (χ0) is 28.3. The third-order valence-corrected chi connectivity index (χ3v) is 7.95. The predicted octanol–water partition coefficient (Wildman–Crippen LogP) is 6.63. The number of nitrogens with zero attached hydrogens (tertiary/aromatic N) is 1. The lowest BCUT2D eigenvalue weighted by molar-refractivity contribution is -0.0317. The SMILES string of the molecule is Br.COc1ccc(Cl)cc1CC1(O)CCN(C(=O)OC(C)(C)C)CC1.Clc1ccc2c(c1)CC1(CCNCC1)O2. The van der Waals surface area contributed by atoms with Crippen LogP contribution >= 0.6 is 40.2 Å². The summed E-state index contributed by atoms with van der Waals surface area (Å²) in [6, 6.07) is 11.3. The molecule has 2 saturated heterocycles. The maximum atomic E-state index is 12.1. The summed E-state index contributed by atoms with van der Waals surface area (Å²) in [5, 5.41) is 15.7. The minimum atomic E-state index is -0.878. The van der Waals surface area contributed by atoms with Gasteiger partial charge in [-0.15, -0.1) is 17.0 Å². The van der Waals surface area contributed by atoms with E-state index in [0.29, 0.717) is 43.1 Å². The number of fused-ring (bicyclic) bond motifs is 1. The molecule has 2 aromatic carbocycles. The summed E-state index contributed by atoms with van der Waals surface area (Å²) in [7, 11) is 1.60. The van der Waals surface area contributed by atoms with Crippen LogP contribution in [0.1, 0.15) is 57.6 Å². The van der Waals surface area contributed by atoms with E-state index in [1.165, 1.54) is 5.56 Å². The first-order valence-corrected chi connectivity index (χ1v) is 14.4. The standard InChI is InChI=1S/C18H26ClNO4.C12H14ClNO.BrH/c1-17(2,3)24-16(21)20-9-7-18(22,8-10-20)12-13-11-14(19)5-6-15(13)23-4;13-10-1-2-11-9(7-10)8-12(15-11)3-5-14-6-4-12;/h5-6,11,22H,7-10,12H2,1-4H3;1-2,7,14H,3-6,8H2;1H. The lowest BCUT2D eigenvalue weighted by Gasteiger charge is -2.38. The quantitative estimate of drug-likeness (QED) is 0.385. The van der Waals surface area contributed by atoms with E-state index < -0.39 is 11.2 Å². The number of carbonyl (C=O) groups excluding carboxylic acids is 1. The maximum Gasteiger partial charge on any atom is 0.410 e. The third-order valence-electron chi connectivity index (χ3n) is 7.48. The average Bonchev–Trinajstić information content (AvgIpc) is 3.20. The van der Waals surface area contributed by atoms with Gasteiger partial charge in [-0.1, -0.05) is 23.2 Å². The van der Waals surface area contributed by atoms with E-state index in [4.69, 9.17) is 37.4 Å². The van der Waals surface area contributed by atoms with Crippen LogP contribution in [0.25, 0.3) is 0 Å². The molecule has 3 aliphatic rings. The zero-order valence-corrected chi connectivity index (χ0v) is 27.0. The van der Waals surface area contributed by atoms with Gasteiger partial charge in [-0.25, -0.2) is 4.79 Å². The summed E-state index contributed by atoms with van der Waals surface area (Å²) in [6.45, 7) is 8.58. The van der Waals surface area contributed by atoms with Crippen molar-refractivity contribution in [2.45, 2.75) is 76.1 Å². The second-order valence-electron chi connectivity index (χ2n) is 11.8. The molecule has 0 saturated carbocycles. The van der Waals surface area contributed by atoms with Gasteiger partial charge in [0.05, 0.1) is 12.7 Å². The van der Waals surface area contributed by atoms with Crippen LogP contribution in [0, 0.1) is 0 Å². The van der Waals surface area contributed by atoms with Crippen LogP contribution < -0.4 is 14.8 Å². The Hall–Kier alpha value is -1.71. The predicted molar refractivity (Wildman–Crippen MR) is 165 cm³/mol. The molecular weight excluding hydrogens is 619 g/mol. The Kier molecular flexibility index (Phi) is 11.1. The highest BCUT2D eigenvalue weighted by molar-refractivity contribution is 8.93. The largest absolute Gasteiger partial charge is 0.496 e. The Morgan fingerprint density at radius 2 is 1.68 bits per heavy atom. The fraction of sp³-hybridized carbons (Fsp3) is 0.567. The highest BCUT2D eigenvalue weighted by atomic mass is 79.9. The van der Waals surface area contributed by atoms with Crippen LogP contribution in [0.2, 0.25) is 10.0 Å². The first-order valence-electron chi connectivity index (χ1n) is 13.6. The van der Waals surface area contributed by atoms with Gasteiger partial charge in [0.2, 0.25) is 0 Å². The minimum absolute atomic E-state index is 0. The van der Waals surface area contributed by atoms with Crippen molar-refractivity contribution in [3.63, 3.8) is 0 Å². The van der Waals surface area contributed by atoms with E-state index in [1.807, 2.05) is 45.0 Å². The van der Waals surface area contributed by atoms with Crippen molar-refractivity contribution in [2.75, 3.05) is 33.3 Å². The van der Waals surface area contributed by atoms with Gasteiger partial charge in [0.15, 0.2) is 0 Å². The highest BCUT2D eigenvalue weighted by Gasteiger charge is 2.40. The maximum absolute atomic E-state index is 12.1. The van der Waals surface area contributed by atoms with Gasteiger partial charge >= 0.3 is 6.09 Å². The van der Waals surface area contributed by atoms with E-state index in [-0.39, 0.29) is 28.7 Å². The fourth-order valence-corrected chi connectivity index (χ4v) is 5.80. The molecule has 222 valence electrons. The van der Waals surface area contributed by atoms with Gasteiger partial charge in [0.25, 0.3) is 0 Å². The molecule has 3 heterocycles. The van der Waals surface area contributed by atoms with Crippen molar-refractivity contribution in [1.82, 2.24) is 10.2 Å². The molecule has 1 spiro atoms. The smallest absolute Gasteiger partial charge is 0.410 e. The lowest BCUT2D eigenvalue weighted by Crippen LogP contribution is -2.49. The van der Waals surface area contributed by atoms with Crippen LogP contribution in [0.4, 0.5) is 4.79 Å². The number of likely N-dealkylation sites (tertiary alicyclic amines) is 1. The van der Waals surface area contributed by atoms with Crippen LogP contribution in [0.15, 0.2) is 36.4 Å². The number of hydrogen-bond donors (Lipinski definition) is 2. The van der Waals surface area contributed by atoms with Gasteiger partial charge in [0.1, 0.15) is 22.7 Å². The Labute approximate surface area is 258 Å². The summed E-state index contributed by atoms with van der Waals surface area (Å²) in [5.74, 6) is 1.74. The van der Waals surface area contributed by atoms with Crippen molar-refractivity contribution < 1.29 is 24.1 Å². The first-order chi connectivity index (χ1) is 18.4. The number of methoxy groups -OCH3 is 1. The number of halogens is 3. The Bertz CT molecular complexity index is 1160. The van der Waals surface area contributed by atoms with Crippen LogP contribution in [0.3, 0.4) is 0 Å². The number of nitrogens with one attached hydrogen (secondary N) is 1. The lowest BCUT2D eigenvalue weighted by atomic mass is 9.85. The molecule has 0 aromatic heterocycles. The Morgan fingerprint density at radius 1 is 1.05 bits per heavy atom. The van der Waals surface area contributed by atoms with E-state index in [2.05, 4.69) is 5.32 Å². The monoisotopic (exact) mass is 658 g/mol. The van der Waals surface area contributed by atoms with Crippen LogP contribution in [-0.4, -0.2) is 66.2 Å². The van der Waals surface area contributed by atoms with E-state index >= 15 is 0 Å². The average molecular weight is 660 g/mol. The summed E-state index contributed by atoms with van der Waals surface area (Å²) in [4.78, 5) is 13.8. The third kappa shape index (κ3) is 8.65. The van der Waals surface area contributed by atoms with E-state index in [0.717, 1.165) is 48.7 Å². The van der Waals surface area contributed by atoms with Gasteiger partial charge < -0.3 is 29.5 Å². The molecule has 0 aliphatic carbocycles. The summed E-state index contributed by atoms with van der Waals surface area (Å²) in [6.07, 6.45) is 4.30. The molecule has 0 atom stereocenters. The Balaban J connectivity index is 0.000000235. The van der Waals surface area contributed by atoms with Crippen molar-refractivity contribution in [2.24, 2.45) is 0 Å². The number of piperidine rings is 2. The van der Waals surface area contributed by atoms with Crippen molar-refractivity contribution in [3.8, 4) is 11.5 Å². The topological polar surface area (TPSA) is 80.3 Å². The normalized spacial score (nSPS) is 18.9. The molecule has 2 fully saturated rings. The number of benzene rings is 2. The molecule has 7 nitrogen and oxygen atoms in total. The molecule has 5 rings (SSSR count). The molecule has 2 aromatic rings. The van der Waals surface area contributed by atoms with Crippen LogP contribution in [-0.2, 0) is 17.6 Å². The first kappa shape index (κ1) is 32.8. The number of rotatable bonds is 3. The van der Waals surface area contributed by atoms with Crippen LogP contribution in [0.5, 0.6) is 11.5 Å². The second kappa shape index (κ2) is 13.5. The Morgan fingerprint density at radius 3 is 2.30 bits per heavy atom. The van der Waals surface area contributed by atoms with Gasteiger partial charge in [-0.3, -0.25) is 0 Å². The molecule has 0 radical (unpaired) electrons. The minimum Gasteiger partial charge on any atom is -0.496 e. The highest BCUT2D eigenvalue weighted by Crippen LogP contribution is 2.40. The summed E-state index contributed by atoms with van der Waals surface area (Å²) >= 11 is 12.0. The molecule has 1 amide bonds. The fourth-order valence-electron chi connectivity index (χ4n) is 5.41. The number of amides is 1. The summed E-state index contributed by atoms with van der Waals surface area (Å²) < 4.78 is 16.8. The number of hydrogen-bond acceptors (Lipinski definition) is 6. The molecule has 2 N–H and O–H groups in total. The second-order valence-corrected chi connectivity index (χ2v) is 12.7. The van der Waals surface area contributed by atoms with Gasteiger partial charge in [0, 0.05) is 36.0 Å². The number of carbonyl (C=O) groups is 1. The van der Waals surface area contributed by atoms with E-state index in [1.54, 1.807) is 24.1 Å². The zero-order valence-electron chi connectivity index (χ0n) is 23.7. The molecule has 3 aliphatic heterocycles. The molecule has 10 heteroatoms. The van der Waals surface area contributed by atoms with Crippen molar-refractivity contribution in [3.05, 3.63) is 57.6 Å². The molecule has 0 unspecified atom stereocenters. The molecular formula is C30H41BrCl2N2O5. The molecule has 0 bridgehead atoms. The van der Waals surface area contributed by atoms with E-state index in [9.17, 15) is 9.90 Å².